The Bertz CT molecular complexity index is 1760. The summed E-state index contributed by atoms with van der Waals surface area (Å²) in [4.78, 5) is 37.5. The van der Waals surface area contributed by atoms with Crippen LogP contribution in [0.3, 0.4) is 0 Å². The van der Waals surface area contributed by atoms with Crippen molar-refractivity contribution in [2.45, 2.75) is 66.5 Å². The molecule has 0 spiro atoms. The van der Waals surface area contributed by atoms with Gasteiger partial charge in [0, 0.05) is 57.0 Å². The van der Waals surface area contributed by atoms with Crippen molar-refractivity contribution in [2.24, 2.45) is 11.8 Å². The maximum atomic E-state index is 5.12. The number of hydrogen-bond donors (Lipinski definition) is 0. The van der Waals surface area contributed by atoms with Gasteiger partial charge in [0.05, 0.1) is 11.6 Å². The summed E-state index contributed by atoms with van der Waals surface area (Å²) in [5, 5.41) is 1.99. The second-order valence-corrected chi connectivity index (χ2v) is 16.2. The SMILES string of the molecule is CCC(C)Cc1ncnc2c1n[c-]n2-c1cccc([Si](C)(C)c2cccc(-n3[c-]nc4c(CC(C)CC)ncnc43)n2)n1.[Pt+2]. The molecule has 0 fully saturated rings. The van der Waals surface area contributed by atoms with Crippen molar-refractivity contribution in [1.29, 1.82) is 0 Å². The monoisotopic (exact) mass is 783 g/mol. The van der Waals surface area contributed by atoms with Crippen molar-refractivity contribution >= 4 is 41.0 Å². The Morgan fingerprint density at radius 1 is 0.682 bits per heavy atom. The summed E-state index contributed by atoms with van der Waals surface area (Å²) in [5.41, 5.74) is 4.88. The van der Waals surface area contributed by atoms with E-state index in [1.54, 1.807) is 12.7 Å². The Balaban J connectivity index is 0.00000384. The number of hydrogen-bond acceptors (Lipinski definition) is 8. The van der Waals surface area contributed by atoms with Crippen LogP contribution in [0.15, 0.2) is 49.1 Å². The van der Waals surface area contributed by atoms with E-state index < -0.39 is 8.07 Å². The van der Waals surface area contributed by atoms with Crippen LogP contribution >= 0.6 is 0 Å². The van der Waals surface area contributed by atoms with Crippen LogP contribution in [0.25, 0.3) is 34.0 Å². The van der Waals surface area contributed by atoms with Crippen molar-refractivity contribution < 1.29 is 21.1 Å². The molecule has 0 aliphatic heterocycles. The van der Waals surface area contributed by atoms with Gasteiger partial charge in [0.1, 0.15) is 12.7 Å². The molecule has 6 aromatic heterocycles. The average Bonchev–Trinajstić information content (AvgIpc) is 3.67. The number of aromatic nitrogens is 10. The number of nitrogens with zero attached hydrogens (tertiary/aromatic N) is 10. The van der Waals surface area contributed by atoms with Crippen molar-refractivity contribution in [3.8, 4) is 11.6 Å². The molecule has 2 unspecified atom stereocenters. The largest absolute Gasteiger partial charge is 2.00 e. The van der Waals surface area contributed by atoms with Gasteiger partial charge < -0.3 is 19.1 Å². The molecule has 0 radical (unpaired) electrons. The van der Waals surface area contributed by atoms with Crippen molar-refractivity contribution in [3.63, 3.8) is 0 Å². The summed E-state index contributed by atoms with van der Waals surface area (Å²) in [7, 11) is -2.34. The van der Waals surface area contributed by atoms with Crippen LogP contribution in [-0.2, 0) is 33.9 Å². The number of fused-ring (bicyclic) bond motifs is 2. The van der Waals surface area contributed by atoms with Crippen LogP contribution in [0.4, 0.5) is 0 Å². The van der Waals surface area contributed by atoms with Crippen molar-refractivity contribution in [3.05, 3.63) is 73.1 Å². The van der Waals surface area contributed by atoms with Crippen LogP contribution in [0.2, 0.25) is 13.1 Å². The summed E-state index contributed by atoms with van der Waals surface area (Å²) in [5.74, 6) is 2.47. The molecule has 6 rings (SSSR count). The molecule has 0 saturated carbocycles. The van der Waals surface area contributed by atoms with Gasteiger partial charge in [0.15, 0.2) is 8.07 Å². The molecule has 44 heavy (non-hydrogen) atoms. The van der Waals surface area contributed by atoms with Gasteiger partial charge in [-0.15, -0.1) is 0 Å². The van der Waals surface area contributed by atoms with E-state index in [-0.39, 0.29) is 21.1 Å². The smallest absolute Gasteiger partial charge is 0.396 e. The first kappa shape index (κ1) is 31.7. The Morgan fingerprint density at radius 3 is 1.52 bits per heavy atom. The van der Waals surface area contributed by atoms with Gasteiger partial charge in [0.25, 0.3) is 0 Å². The fourth-order valence-electron chi connectivity index (χ4n) is 5.15. The molecule has 228 valence electrons. The molecular weight excluding hydrogens is 748 g/mol. The molecule has 0 aromatic carbocycles. The molecule has 10 nitrogen and oxygen atoms in total. The third-order valence-corrected chi connectivity index (χ3v) is 11.5. The van der Waals surface area contributed by atoms with Crippen LogP contribution in [0.5, 0.6) is 0 Å². The van der Waals surface area contributed by atoms with E-state index in [1.807, 2.05) is 33.4 Å². The minimum absolute atomic E-state index is 0. The van der Waals surface area contributed by atoms with E-state index >= 15 is 0 Å². The van der Waals surface area contributed by atoms with Crippen LogP contribution in [0.1, 0.15) is 51.9 Å². The van der Waals surface area contributed by atoms with Crippen molar-refractivity contribution in [2.75, 3.05) is 0 Å². The zero-order chi connectivity index (χ0) is 30.1. The Hall–Kier alpha value is -3.69. The summed E-state index contributed by atoms with van der Waals surface area (Å²) < 4.78 is 3.66. The summed E-state index contributed by atoms with van der Waals surface area (Å²) in [6.07, 6.45) is 13.3. The molecule has 0 N–H and O–H groups in total. The first-order valence-corrected chi connectivity index (χ1v) is 18.0. The minimum atomic E-state index is -2.34. The van der Waals surface area contributed by atoms with E-state index in [0.717, 1.165) is 81.7 Å². The zero-order valence-electron chi connectivity index (χ0n) is 25.9. The van der Waals surface area contributed by atoms with Crippen molar-refractivity contribution in [1.82, 2.24) is 49.0 Å². The van der Waals surface area contributed by atoms with Gasteiger partial charge in [-0.2, -0.15) is 0 Å². The maximum Gasteiger partial charge on any atom is 2.00 e. The zero-order valence-corrected chi connectivity index (χ0v) is 29.2. The average molecular weight is 784 g/mol. The van der Waals surface area contributed by atoms with Gasteiger partial charge in [0.2, 0.25) is 0 Å². The fourth-order valence-corrected chi connectivity index (χ4v) is 7.23. The minimum Gasteiger partial charge on any atom is -0.396 e. The molecule has 6 heterocycles. The summed E-state index contributed by atoms with van der Waals surface area (Å²) in [6.45, 7) is 13.3. The number of pyridine rings is 2. The Labute approximate surface area is 273 Å². The second-order valence-electron chi connectivity index (χ2n) is 11.9. The van der Waals surface area contributed by atoms with E-state index in [4.69, 9.17) is 9.97 Å². The molecule has 0 bridgehead atoms. The topological polar surface area (TPSA) is 113 Å². The fraction of sp³-hybridized carbons (Fsp3) is 0.375. The predicted molar refractivity (Wildman–Crippen MR) is 170 cm³/mol. The molecule has 0 aliphatic rings. The normalized spacial score (nSPS) is 13.2. The third-order valence-electron chi connectivity index (χ3n) is 8.39. The molecule has 6 aromatic rings. The van der Waals surface area contributed by atoms with Gasteiger partial charge >= 0.3 is 21.1 Å². The maximum absolute atomic E-state index is 5.12. The van der Waals surface area contributed by atoms with E-state index in [1.165, 1.54) is 0 Å². The molecule has 12 heteroatoms. The summed E-state index contributed by atoms with van der Waals surface area (Å²) >= 11 is 0. The van der Waals surface area contributed by atoms with Crippen LogP contribution < -0.4 is 10.6 Å². The van der Waals surface area contributed by atoms with Gasteiger partial charge in [-0.1, -0.05) is 77.9 Å². The third kappa shape index (κ3) is 5.99. The van der Waals surface area contributed by atoms with E-state index in [2.05, 4.69) is 95.5 Å². The molecule has 0 amide bonds. The first-order valence-electron chi connectivity index (χ1n) is 15.0. The van der Waals surface area contributed by atoms with E-state index in [9.17, 15) is 0 Å². The van der Waals surface area contributed by atoms with Gasteiger partial charge in [-0.05, 0) is 36.8 Å². The van der Waals surface area contributed by atoms with Gasteiger partial charge in [-0.25, -0.2) is 0 Å². The van der Waals surface area contributed by atoms with Crippen LogP contribution in [-0.4, -0.2) is 57.1 Å². The molecule has 0 saturated heterocycles. The standard InChI is InChI=1S/C32H36N10Si.Pt/c1-7-21(3)15-23-29-31(35-17-33-23)41(19-37-29)25-11-9-13-27(39-25)43(5,6)28-14-10-12-26(40-28)42-20-38-30-24(16-22(4)8-2)34-18-36-32(30)42;/h9-14,17-18,21-22H,7-8,15-16H2,1-6H3;/q-2;+2. The molecule has 0 aliphatic carbocycles. The van der Waals surface area contributed by atoms with Crippen LogP contribution in [0, 0.1) is 24.5 Å². The van der Waals surface area contributed by atoms with Gasteiger partial charge in [-0.3, -0.25) is 29.9 Å². The molecular formula is C32H36N10PtSi. The Kier molecular flexibility index (Phi) is 9.46. The predicted octanol–water partition coefficient (Wildman–Crippen LogP) is 4.33. The number of rotatable bonds is 10. The van der Waals surface area contributed by atoms with E-state index in [0.29, 0.717) is 11.8 Å². The summed E-state index contributed by atoms with van der Waals surface area (Å²) in [6, 6.07) is 12.2. The number of imidazole rings is 2. The second kappa shape index (κ2) is 13.1. The Morgan fingerprint density at radius 2 is 1.11 bits per heavy atom. The first-order chi connectivity index (χ1) is 20.8. The molecule has 2 atom stereocenters. The quantitative estimate of drug-likeness (QED) is 0.149.